The Balaban J connectivity index is 0.00000210. The number of amides is 1. The molecular weight excluding hydrogens is 451 g/mol. The number of guanidine groups is 1. The molecule has 27 heavy (non-hydrogen) atoms. The molecular formula is C21H31IN4O. The molecule has 2 fully saturated rings. The third-order valence-electron chi connectivity index (χ3n) is 6.33. The van der Waals surface area contributed by atoms with Crippen molar-refractivity contribution < 1.29 is 4.79 Å². The van der Waals surface area contributed by atoms with E-state index in [2.05, 4.69) is 41.4 Å². The molecule has 1 aromatic rings. The first kappa shape index (κ1) is 20.4. The van der Waals surface area contributed by atoms with Crippen molar-refractivity contribution in [1.82, 2.24) is 15.1 Å². The molecule has 2 heterocycles. The summed E-state index contributed by atoms with van der Waals surface area (Å²) in [4.78, 5) is 21.7. The Hall–Kier alpha value is -1.31. The predicted molar refractivity (Wildman–Crippen MR) is 119 cm³/mol. The van der Waals surface area contributed by atoms with Crippen LogP contribution < -0.4 is 5.32 Å². The molecule has 2 aliphatic heterocycles. The number of hydrogen-bond donors (Lipinski definition) is 1. The van der Waals surface area contributed by atoms with Crippen LogP contribution in [0.1, 0.15) is 43.7 Å². The number of aliphatic imine (C=N–C) groups is 1. The van der Waals surface area contributed by atoms with E-state index in [1.54, 1.807) is 0 Å². The van der Waals surface area contributed by atoms with Gasteiger partial charge in [-0.05, 0) is 49.1 Å². The SMILES string of the molecule is CCNC(=NCC(=O)N1CCc2ccccc2C1)N1CCC2(CCC2)C1.I. The molecule has 6 heteroatoms. The molecule has 0 aromatic heterocycles. The molecule has 0 unspecified atom stereocenters. The van der Waals surface area contributed by atoms with Gasteiger partial charge in [0.2, 0.25) is 5.91 Å². The topological polar surface area (TPSA) is 47.9 Å². The number of rotatable bonds is 3. The molecule has 0 radical (unpaired) electrons. The van der Waals surface area contributed by atoms with E-state index in [0.717, 1.165) is 38.6 Å². The first-order valence-electron chi connectivity index (χ1n) is 10.1. The highest BCUT2D eigenvalue weighted by atomic mass is 127. The van der Waals surface area contributed by atoms with E-state index in [9.17, 15) is 4.79 Å². The Bertz CT molecular complexity index is 701. The summed E-state index contributed by atoms with van der Waals surface area (Å²) in [7, 11) is 0. The summed E-state index contributed by atoms with van der Waals surface area (Å²) in [6.45, 7) is 6.86. The smallest absolute Gasteiger partial charge is 0.244 e. The maximum absolute atomic E-state index is 12.7. The second-order valence-electron chi connectivity index (χ2n) is 8.03. The van der Waals surface area contributed by atoms with Gasteiger partial charge in [0.15, 0.2) is 5.96 Å². The highest BCUT2D eigenvalue weighted by molar-refractivity contribution is 14.0. The van der Waals surface area contributed by atoms with Crippen molar-refractivity contribution in [3.63, 3.8) is 0 Å². The van der Waals surface area contributed by atoms with Crippen molar-refractivity contribution in [3.05, 3.63) is 35.4 Å². The normalized spacial score (nSPS) is 20.7. The van der Waals surface area contributed by atoms with Crippen LogP contribution in [0.15, 0.2) is 29.3 Å². The Morgan fingerprint density at radius 1 is 1.15 bits per heavy atom. The summed E-state index contributed by atoms with van der Waals surface area (Å²) in [6.07, 6.45) is 6.30. The van der Waals surface area contributed by atoms with Crippen LogP contribution in [0.3, 0.4) is 0 Å². The summed E-state index contributed by atoms with van der Waals surface area (Å²) in [5.41, 5.74) is 3.18. The molecule has 1 spiro atoms. The van der Waals surface area contributed by atoms with E-state index >= 15 is 0 Å². The Morgan fingerprint density at radius 3 is 2.59 bits per heavy atom. The highest BCUT2D eigenvalue weighted by Gasteiger charge is 2.43. The van der Waals surface area contributed by atoms with Crippen LogP contribution in [0, 0.1) is 5.41 Å². The van der Waals surface area contributed by atoms with Gasteiger partial charge in [-0.25, -0.2) is 4.99 Å². The number of nitrogens with one attached hydrogen (secondary N) is 1. The van der Waals surface area contributed by atoms with Gasteiger partial charge in [0.25, 0.3) is 0 Å². The van der Waals surface area contributed by atoms with Crippen LogP contribution in [0.25, 0.3) is 0 Å². The molecule has 5 nitrogen and oxygen atoms in total. The summed E-state index contributed by atoms with van der Waals surface area (Å²) in [6, 6.07) is 8.43. The van der Waals surface area contributed by atoms with Crippen molar-refractivity contribution in [2.75, 3.05) is 32.7 Å². The number of likely N-dealkylation sites (tertiary alicyclic amines) is 1. The zero-order chi connectivity index (χ0) is 18.0. The molecule has 0 bridgehead atoms. The largest absolute Gasteiger partial charge is 0.357 e. The molecule has 3 aliphatic rings. The minimum absolute atomic E-state index is 0. The van der Waals surface area contributed by atoms with Crippen LogP contribution in [-0.2, 0) is 17.8 Å². The van der Waals surface area contributed by atoms with Crippen LogP contribution in [0.4, 0.5) is 0 Å². The average molecular weight is 482 g/mol. The van der Waals surface area contributed by atoms with Crippen molar-refractivity contribution in [3.8, 4) is 0 Å². The first-order valence-corrected chi connectivity index (χ1v) is 10.1. The van der Waals surface area contributed by atoms with Gasteiger partial charge in [0, 0.05) is 32.7 Å². The van der Waals surface area contributed by atoms with Crippen LogP contribution in [0.5, 0.6) is 0 Å². The fourth-order valence-corrected chi connectivity index (χ4v) is 4.58. The average Bonchev–Trinajstić information content (AvgIpc) is 3.10. The maximum Gasteiger partial charge on any atom is 0.244 e. The van der Waals surface area contributed by atoms with Crippen LogP contribution in [0.2, 0.25) is 0 Å². The molecule has 1 aromatic carbocycles. The van der Waals surface area contributed by atoms with Gasteiger partial charge in [0.05, 0.1) is 0 Å². The zero-order valence-corrected chi connectivity index (χ0v) is 18.6. The number of nitrogens with zero attached hydrogens (tertiary/aromatic N) is 3. The molecule has 0 atom stereocenters. The van der Waals surface area contributed by atoms with Gasteiger partial charge in [-0.1, -0.05) is 30.7 Å². The number of halogens is 1. The van der Waals surface area contributed by atoms with Gasteiger partial charge >= 0.3 is 0 Å². The molecule has 1 aliphatic carbocycles. The molecule has 4 rings (SSSR count). The lowest BCUT2D eigenvalue weighted by Gasteiger charge is -2.38. The second kappa shape index (κ2) is 8.80. The Kier molecular flexibility index (Phi) is 6.65. The summed E-state index contributed by atoms with van der Waals surface area (Å²) < 4.78 is 0. The number of carbonyl (C=O) groups is 1. The molecule has 1 amide bonds. The third-order valence-corrected chi connectivity index (χ3v) is 6.33. The van der Waals surface area contributed by atoms with Crippen molar-refractivity contribution in [1.29, 1.82) is 0 Å². The number of benzene rings is 1. The quantitative estimate of drug-likeness (QED) is 0.410. The number of hydrogen-bond acceptors (Lipinski definition) is 2. The molecule has 1 saturated carbocycles. The van der Waals surface area contributed by atoms with E-state index in [-0.39, 0.29) is 36.4 Å². The number of carbonyl (C=O) groups excluding carboxylic acids is 1. The van der Waals surface area contributed by atoms with Crippen molar-refractivity contribution in [2.45, 2.75) is 45.6 Å². The van der Waals surface area contributed by atoms with E-state index < -0.39 is 0 Å². The summed E-state index contributed by atoms with van der Waals surface area (Å²) >= 11 is 0. The van der Waals surface area contributed by atoms with E-state index in [4.69, 9.17) is 4.99 Å². The van der Waals surface area contributed by atoms with Crippen molar-refractivity contribution in [2.24, 2.45) is 10.4 Å². The van der Waals surface area contributed by atoms with Crippen LogP contribution >= 0.6 is 24.0 Å². The first-order chi connectivity index (χ1) is 12.7. The minimum atomic E-state index is 0. The van der Waals surface area contributed by atoms with Gasteiger partial charge in [-0.3, -0.25) is 4.79 Å². The lowest BCUT2D eigenvalue weighted by molar-refractivity contribution is -0.130. The summed E-state index contributed by atoms with van der Waals surface area (Å²) in [5, 5.41) is 3.39. The third kappa shape index (κ3) is 4.41. The fraction of sp³-hybridized carbons (Fsp3) is 0.619. The van der Waals surface area contributed by atoms with Gasteiger partial charge in [-0.15, -0.1) is 24.0 Å². The minimum Gasteiger partial charge on any atom is -0.357 e. The monoisotopic (exact) mass is 482 g/mol. The van der Waals surface area contributed by atoms with E-state index in [1.807, 2.05) is 4.90 Å². The Labute approximate surface area is 179 Å². The molecule has 1 N–H and O–H groups in total. The van der Waals surface area contributed by atoms with E-state index in [1.165, 1.54) is 36.8 Å². The van der Waals surface area contributed by atoms with Crippen LogP contribution in [-0.4, -0.2) is 54.4 Å². The lowest BCUT2D eigenvalue weighted by atomic mass is 9.68. The van der Waals surface area contributed by atoms with Gasteiger partial charge in [0.1, 0.15) is 6.54 Å². The molecule has 148 valence electrons. The maximum atomic E-state index is 12.7. The summed E-state index contributed by atoms with van der Waals surface area (Å²) in [5.74, 6) is 1.05. The lowest BCUT2D eigenvalue weighted by Crippen LogP contribution is -2.43. The Morgan fingerprint density at radius 2 is 1.93 bits per heavy atom. The zero-order valence-electron chi connectivity index (χ0n) is 16.2. The fourth-order valence-electron chi connectivity index (χ4n) is 4.58. The molecule has 1 saturated heterocycles. The van der Waals surface area contributed by atoms with Gasteiger partial charge in [-0.2, -0.15) is 0 Å². The highest BCUT2D eigenvalue weighted by Crippen LogP contribution is 2.47. The predicted octanol–water partition coefficient (Wildman–Crippen LogP) is 3.03. The number of fused-ring (bicyclic) bond motifs is 1. The standard InChI is InChI=1S/C21H30N4O.HI/c1-2-22-20(25-13-11-21(16-25)9-5-10-21)23-14-19(26)24-12-8-17-6-3-4-7-18(17)15-24;/h3-4,6-7H,2,5,8-16H2,1H3,(H,22,23);1H. The van der Waals surface area contributed by atoms with Gasteiger partial charge < -0.3 is 15.1 Å². The second-order valence-corrected chi connectivity index (χ2v) is 8.03. The van der Waals surface area contributed by atoms with Crippen molar-refractivity contribution >= 4 is 35.8 Å². The van der Waals surface area contributed by atoms with E-state index in [0.29, 0.717) is 12.0 Å².